The van der Waals surface area contributed by atoms with E-state index in [0.717, 1.165) is 75.7 Å². The van der Waals surface area contributed by atoms with E-state index in [1.54, 1.807) is 0 Å². The second-order valence-corrected chi connectivity index (χ2v) is 7.63. The molecule has 0 saturated carbocycles. The van der Waals surface area contributed by atoms with E-state index >= 15 is 0 Å². The molecule has 4 rings (SSSR count). The van der Waals surface area contributed by atoms with Crippen LogP contribution >= 0.6 is 0 Å². The third-order valence-electron chi connectivity index (χ3n) is 6.17. The minimum atomic E-state index is -0.0490. The number of piperidine rings is 1. The van der Waals surface area contributed by atoms with Crippen molar-refractivity contribution >= 4 is 5.91 Å². The lowest BCUT2D eigenvalue weighted by Gasteiger charge is -2.42. The van der Waals surface area contributed by atoms with E-state index in [1.807, 2.05) is 30.0 Å². The number of hydrogen-bond acceptors (Lipinski definition) is 5. The minimum Gasteiger partial charge on any atom is -0.454 e. The van der Waals surface area contributed by atoms with Gasteiger partial charge in [-0.05, 0) is 56.2 Å². The van der Waals surface area contributed by atoms with E-state index in [0.29, 0.717) is 12.3 Å². The summed E-state index contributed by atoms with van der Waals surface area (Å²) in [4.78, 5) is 14.7. The Morgan fingerprint density at radius 1 is 1.26 bits per heavy atom. The summed E-state index contributed by atoms with van der Waals surface area (Å²) in [5, 5.41) is 0. The highest BCUT2D eigenvalue weighted by Crippen LogP contribution is 2.42. The molecule has 148 valence electrons. The van der Waals surface area contributed by atoms with Crippen molar-refractivity contribution in [3.63, 3.8) is 0 Å². The Morgan fingerprint density at radius 2 is 2.07 bits per heavy atom. The van der Waals surface area contributed by atoms with Crippen LogP contribution in [0.15, 0.2) is 18.2 Å². The topological polar surface area (TPSA) is 57.2 Å². The lowest BCUT2D eigenvalue weighted by Crippen LogP contribution is -2.49. The molecule has 27 heavy (non-hydrogen) atoms. The first-order valence-corrected chi connectivity index (χ1v) is 10.1. The Hall–Kier alpha value is -1.79. The normalized spacial score (nSPS) is 23.1. The zero-order valence-electron chi connectivity index (χ0n) is 16.1. The third kappa shape index (κ3) is 3.92. The molecule has 0 bridgehead atoms. The summed E-state index contributed by atoms with van der Waals surface area (Å²) in [5.41, 5.74) is 0.920. The number of nitrogens with zero attached hydrogens (tertiary/aromatic N) is 1. The molecule has 1 atom stereocenters. The summed E-state index contributed by atoms with van der Waals surface area (Å²) in [5.74, 6) is 2.21. The van der Waals surface area contributed by atoms with Crippen molar-refractivity contribution in [1.82, 2.24) is 4.90 Å². The molecule has 1 spiro atoms. The highest BCUT2D eigenvalue weighted by atomic mass is 16.7. The van der Waals surface area contributed by atoms with Crippen molar-refractivity contribution in [2.45, 2.75) is 44.6 Å². The van der Waals surface area contributed by atoms with Gasteiger partial charge in [0.05, 0.1) is 12.0 Å². The quantitative estimate of drug-likeness (QED) is 0.716. The van der Waals surface area contributed by atoms with Crippen LogP contribution in [0.3, 0.4) is 0 Å². The number of fused-ring (bicyclic) bond motifs is 1. The Balaban J connectivity index is 1.31. The smallest absolute Gasteiger partial charge is 0.231 e. The second-order valence-electron chi connectivity index (χ2n) is 7.63. The van der Waals surface area contributed by atoms with E-state index in [1.165, 1.54) is 0 Å². The monoisotopic (exact) mass is 375 g/mol. The molecule has 1 amide bonds. The van der Waals surface area contributed by atoms with Crippen molar-refractivity contribution in [3.8, 4) is 11.5 Å². The first kappa shape index (κ1) is 18.6. The fourth-order valence-corrected chi connectivity index (χ4v) is 4.59. The standard InChI is InChI=1S/C21H29NO5/c1-2-24-11-5-17-6-12-27-21(17)7-9-22(10-8-21)20(23)14-16-3-4-18-19(13-16)26-15-25-18/h3-4,13,17H,2,5-12,14-15H2,1H3. The van der Waals surface area contributed by atoms with Crippen LogP contribution in [0.4, 0.5) is 0 Å². The van der Waals surface area contributed by atoms with E-state index < -0.39 is 0 Å². The number of hydrogen-bond donors (Lipinski definition) is 0. The number of benzene rings is 1. The molecule has 1 aromatic rings. The predicted molar refractivity (Wildman–Crippen MR) is 100.0 cm³/mol. The average molecular weight is 375 g/mol. The maximum absolute atomic E-state index is 12.8. The fraction of sp³-hybridized carbons (Fsp3) is 0.667. The maximum atomic E-state index is 12.8. The van der Waals surface area contributed by atoms with Crippen LogP contribution in [0.5, 0.6) is 11.5 Å². The molecule has 3 heterocycles. The SMILES string of the molecule is CCOCCC1CCOC12CCN(C(=O)Cc1ccc3c(c1)OCO3)CC2. The molecule has 3 aliphatic rings. The number of amides is 1. The molecule has 1 aromatic carbocycles. The molecule has 1 unspecified atom stereocenters. The fourth-order valence-electron chi connectivity index (χ4n) is 4.59. The molecule has 0 N–H and O–H groups in total. The van der Waals surface area contributed by atoms with Gasteiger partial charge in [0.25, 0.3) is 0 Å². The molecular weight excluding hydrogens is 346 g/mol. The maximum Gasteiger partial charge on any atom is 0.231 e. The van der Waals surface area contributed by atoms with Gasteiger partial charge in [-0.1, -0.05) is 6.07 Å². The summed E-state index contributed by atoms with van der Waals surface area (Å²) in [6, 6.07) is 5.74. The van der Waals surface area contributed by atoms with Gasteiger partial charge in [-0.15, -0.1) is 0 Å². The highest BCUT2D eigenvalue weighted by molar-refractivity contribution is 5.79. The number of carbonyl (C=O) groups is 1. The van der Waals surface area contributed by atoms with E-state index in [-0.39, 0.29) is 18.3 Å². The van der Waals surface area contributed by atoms with Crippen LogP contribution in [0, 0.1) is 5.92 Å². The lowest BCUT2D eigenvalue weighted by atomic mass is 9.78. The number of ether oxygens (including phenoxy) is 4. The summed E-state index contributed by atoms with van der Waals surface area (Å²) >= 11 is 0. The van der Waals surface area contributed by atoms with E-state index in [2.05, 4.69) is 0 Å². The Bertz CT molecular complexity index is 669. The number of carbonyl (C=O) groups excluding carboxylic acids is 1. The van der Waals surface area contributed by atoms with Gasteiger partial charge in [-0.3, -0.25) is 4.79 Å². The van der Waals surface area contributed by atoms with Crippen LogP contribution in [-0.2, 0) is 20.7 Å². The Morgan fingerprint density at radius 3 is 2.89 bits per heavy atom. The number of likely N-dealkylation sites (tertiary alicyclic amines) is 1. The zero-order valence-corrected chi connectivity index (χ0v) is 16.1. The van der Waals surface area contributed by atoms with Crippen LogP contribution in [-0.4, -0.2) is 56.1 Å². The van der Waals surface area contributed by atoms with Gasteiger partial charge in [-0.2, -0.15) is 0 Å². The number of rotatable bonds is 6. The van der Waals surface area contributed by atoms with Crippen LogP contribution < -0.4 is 9.47 Å². The van der Waals surface area contributed by atoms with Crippen molar-refractivity contribution in [2.24, 2.45) is 5.92 Å². The Labute approximate surface area is 160 Å². The van der Waals surface area contributed by atoms with Crippen molar-refractivity contribution in [1.29, 1.82) is 0 Å². The molecule has 6 heteroatoms. The van der Waals surface area contributed by atoms with Crippen LogP contribution in [0.1, 0.15) is 38.2 Å². The first-order chi connectivity index (χ1) is 13.2. The largest absolute Gasteiger partial charge is 0.454 e. The third-order valence-corrected chi connectivity index (χ3v) is 6.17. The lowest BCUT2D eigenvalue weighted by molar-refractivity contribution is -0.137. The van der Waals surface area contributed by atoms with Gasteiger partial charge in [0.1, 0.15) is 0 Å². The molecule has 6 nitrogen and oxygen atoms in total. The van der Waals surface area contributed by atoms with Gasteiger partial charge < -0.3 is 23.8 Å². The summed E-state index contributed by atoms with van der Waals surface area (Å²) in [7, 11) is 0. The zero-order chi connectivity index (χ0) is 18.7. The summed E-state index contributed by atoms with van der Waals surface area (Å²) < 4.78 is 22.5. The molecule has 3 aliphatic heterocycles. The summed E-state index contributed by atoms with van der Waals surface area (Å²) in [6.45, 7) is 6.24. The van der Waals surface area contributed by atoms with E-state index in [9.17, 15) is 4.79 Å². The second kappa shape index (κ2) is 8.07. The van der Waals surface area contributed by atoms with Gasteiger partial charge in [0.15, 0.2) is 11.5 Å². The predicted octanol–water partition coefficient (Wildman–Crippen LogP) is 2.78. The van der Waals surface area contributed by atoms with Crippen molar-refractivity contribution in [3.05, 3.63) is 23.8 Å². The van der Waals surface area contributed by atoms with Gasteiger partial charge in [0, 0.05) is 32.9 Å². The molecule has 0 aliphatic carbocycles. The molecule has 2 saturated heterocycles. The van der Waals surface area contributed by atoms with Gasteiger partial charge >= 0.3 is 0 Å². The molecule has 0 aromatic heterocycles. The molecular formula is C21H29NO5. The van der Waals surface area contributed by atoms with Gasteiger partial charge in [0.2, 0.25) is 12.7 Å². The van der Waals surface area contributed by atoms with Crippen LogP contribution in [0.2, 0.25) is 0 Å². The van der Waals surface area contributed by atoms with Crippen LogP contribution in [0.25, 0.3) is 0 Å². The van der Waals surface area contributed by atoms with E-state index in [4.69, 9.17) is 18.9 Å². The minimum absolute atomic E-state index is 0.0490. The van der Waals surface area contributed by atoms with Crippen molar-refractivity contribution < 1.29 is 23.7 Å². The highest BCUT2D eigenvalue weighted by Gasteiger charge is 2.46. The van der Waals surface area contributed by atoms with Gasteiger partial charge in [-0.25, -0.2) is 0 Å². The molecule has 2 fully saturated rings. The Kier molecular flexibility index (Phi) is 5.55. The average Bonchev–Trinajstić information content (AvgIpc) is 3.29. The molecule has 0 radical (unpaired) electrons. The summed E-state index contributed by atoms with van der Waals surface area (Å²) in [6.07, 6.45) is 4.42. The van der Waals surface area contributed by atoms with Crippen molar-refractivity contribution in [2.75, 3.05) is 39.7 Å². The first-order valence-electron chi connectivity index (χ1n) is 10.1.